The van der Waals surface area contributed by atoms with Crippen molar-refractivity contribution in [2.24, 2.45) is 0 Å². The largest absolute Gasteiger partial charge is 0.490 e. The van der Waals surface area contributed by atoms with Crippen molar-refractivity contribution in [3.63, 3.8) is 0 Å². The van der Waals surface area contributed by atoms with Crippen molar-refractivity contribution in [3.05, 3.63) is 59.2 Å². The zero-order valence-corrected chi connectivity index (χ0v) is 15.9. The highest BCUT2D eigenvalue weighted by Crippen LogP contribution is 2.29. The molecule has 9 heteroatoms. The molecule has 0 radical (unpaired) electrons. The third-order valence-electron chi connectivity index (χ3n) is 3.66. The molecule has 154 valence electrons. The van der Waals surface area contributed by atoms with Crippen LogP contribution in [0.15, 0.2) is 48.0 Å². The molecule has 30 heavy (non-hydrogen) atoms. The third-order valence-corrected chi connectivity index (χ3v) is 3.66. The first-order chi connectivity index (χ1) is 14.3. The lowest BCUT2D eigenvalue weighted by molar-refractivity contribution is -0.139. The van der Waals surface area contributed by atoms with Crippen molar-refractivity contribution < 1.29 is 34.1 Å². The van der Waals surface area contributed by atoms with E-state index in [1.165, 1.54) is 48.5 Å². The summed E-state index contributed by atoms with van der Waals surface area (Å²) < 4.78 is 10.6. The number of hydrogen-bond donors (Lipinski definition) is 3. The molecule has 0 spiro atoms. The van der Waals surface area contributed by atoms with Crippen LogP contribution in [0.4, 0.5) is 5.69 Å². The number of nitrogens with zero attached hydrogens (tertiary/aromatic N) is 1. The Morgan fingerprint density at radius 1 is 1.10 bits per heavy atom. The number of aromatic carboxylic acids is 1. The van der Waals surface area contributed by atoms with E-state index in [9.17, 15) is 19.6 Å². The highest BCUT2D eigenvalue weighted by atomic mass is 16.5. The Balaban J connectivity index is 2.25. The number of hydrogen-bond acceptors (Lipinski definition) is 6. The van der Waals surface area contributed by atoms with Gasteiger partial charge in [0.15, 0.2) is 18.1 Å². The minimum atomic E-state index is -1.14. The number of carboxylic acids is 2. The second-order valence-electron chi connectivity index (χ2n) is 5.83. The summed E-state index contributed by atoms with van der Waals surface area (Å²) in [6, 6.07) is 11.9. The Hall–Kier alpha value is -4.32. The number of nitrogens with one attached hydrogen (secondary N) is 1. The van der Waals surface area contributed by atoms with E-state index in [2.05, 4.69) is 5.32 Å². The highest BCUT2D eigenvalue weighted by molar-refractivity contribution is 6.10. The molecule has 2 aromatic rings. The van der Waals surface area contributed by atoms with Crippen LogP contribution < -0.4 is 14.8 Å². The van der Waals surface area contributed by atoms with Crippen LogP contribution in [0.5, 0.6) is 11.5 Å². The standard InChI is InChI=1S/C21H18N2O7/c1-2-29-18-9-13(6-7-17(18)30-12-19(24)25)8-15(11-22)20(26)23-16-5-3-4-14(10-16)21(27)28/h3-10H,2,12H2,1H3,(H,23,26)(H,24,25)(H,27,28). The van der Waals surface area contributed by atoms with E-state index < -0.39 is 24.5 Å². The Morgan fingerprint density at radius 3 is 2.50 bits per heavy atom. The van der Waals surface area contributed by atoms with Gasteiger partial charge in [0.2, 0.25) is 0 Å². The number of amides is 1. The van der Waals surface area contributed by atoms with Crippen molar-refractivity contribution in [1.29, 1.82) is 5.26 Å². The summed E-state index contributed by atoms with van der Waals surface area (Å²) in [5, 5.41) is 29.6. The van der Waals surface area contributed by atoms with E-state index in [1.54, 1.807) is 13.0 Å². The van der Waals surface area contributed by atoms with Crippen LogP contribution in [0.2, 0.25) is 0 Å². The molecule has 0 fully saturated rings. The molecule has 9 nitrogen and oxygen atoms in total. The lowest BCUT2D eigenvalue weighted by Gasteiger charge is -2.11. The van der Waals surface area contributed by atoms with E-state index in [0.717, 1.165) is 0 Å². The van der Waals surface area contributed by atoms with Crippen molar-refractivity contribution in [3.8, 4) is 17.6 Å². The van der Waals surface area contributed by atoms with E-state index >= 15 is 0 Å². The number of carboxylic acid groups (broad SMARTS) is 2. The fourth-order valence-corrected chi connectivity index (χ4v) is 2.39. The second-order valence-corrected chi connectivity index (χ2v) is 5.83. The van der Waals surface area contributed by atoms with Crippen LogP contribution in [-0.4, -0.2) is 41.3 Å². The first-order valence-corrected chi connectivity index (χ1v) is 8.72. The normalized spacial score (nSPS) is 10.6. The van der Waals surface area contributed by atoms with E-state index in [4.69, 9.17) is 19.7 Å². The number of carbonyl (C=O) groups is 3. The van der Waals surface area contributed by atoms with Crippen LogP contribution in [0.25, 0.3) is 6.08 Å². The van der Waals surface area contributed by atoms with Gasteiger partial charge >= 0.3 is 11.9 Å². The van der Waals surface area contributed by atoms with Gasteiger partial charge in [-0.3, -0.25) is 4.79 Å². The Bertz CT molecular complexity index is 1040. The van der Waals surface area contributed by atoms with Crippen LogP contribution in [0.1, 0.15) is 22.8 Å². The van der Waals surface area contributed by atoms with E-state index in [-0.39, 0.29) is 28.3 Å². The molecule has 1 amide bonds. The molecule has 0 saturated carbocycles. The van der Waals surface area contributed by atoms with Crippen molar-refractivity contribution in [2.75, 3.05) is 18.5 Å². The highest BCUT2D eigenvalue weighted by Gasteiger charge is 2.13. The SMILES string of the molecule is CCOc1cc(C=C(C#N)C(=O)Nc2cccc(C(=O)O)c2)ccc1OCC(=O)O. The summed E-state index contributed by atoms with van der Waals surface area (Å²) in [6.45, 7) is 1.49. The molecule has 0 bridgehead atoms. The summed E-state index contributed by atoms with van der Waals surface area (Å²) in [5.74, 6) is -2.53. The monoisotopic (exact) mass is 410 g/mol. The van der Waals surface area contributed by atoms with E-state index in [0.29, 0.717) is 12.2 Å². The Labute approximate surface area is 171 Å². The van der Waals surface area contributed by atoms with Crippen LogP contribution in [-0.2, 0) is 9.59 Å². The Kier molecular flexibility index (Phi) is 7.53. The maximum Gasteiger partial charge on any atom is 0.341 e. The molecule has 0 aliphatic carbocycles. The fraction of sp³-hybridized carbons (Fsp3) is 0.143. The van der Waals surface area contributed by atoms with Crippen LogP contribution >= 0.6 is 0 Å². The number of nitriles is 1. The zero-order valence-electron chi connectivity index (χ0n) is 15.9. The number of benzene rings is 2. The molecule has 0 heterocycles. The van der Waals surface area contributed by atoms with Crippen LogP contribution in [0, 0.1) is 11.3 Å². The lowest BCUT2D eigenvalue weighted by Crippen LogP contribution is -2.14. The number of anilines is 1. The maximum atomic E-state index is 12.4. The number of carbonyl (C=O) groups excluding carboxylic acids is 1. The molecule has 0 aliphatic rings. The van der Waals surface area contributed by atoms with Gasteiger partial charge in [0.05, 0.1) is 12.2 Å². The lowest BCUT2D eigenvalue weighted by atomic mass is 10.1. The number of ether oxygens (including phenoxy) is 2. The van der Waals surface area contributed by atoms with Crippen molar-refractivity contribution in [1.82, 2.24) is 0 Å². The topological polar surface area (TPSA) is 146 Å². The minimum Gasteiger partial charge on any atom is -0.490 e. The fourth-order valence-electron chi connectivity index (χ4n) is 2.39. The Morgan fingerprint density at radius 2 is 1.87 bits per heavy atom. The smallest absolute Gasteiger partial charge is 0.341 e. The van der Waals surface area contributed by atoms with Gasteiger partial charge in [-0.25, -0.2) is 9.59 Å². The van der Waals surface area contributed by atoms with Gasteiger partial charge in [0.1, 0.15) is 11.6 Å². The summed E-state index contributed by atoms with van der Waals surface area (Å²) in [7, 11) is 0. The molecular weight excluding hydrogens is 392 g/mol. The molecular formula is C21H18N2O7. The first-order valence-electron chi connectivity index (χ1n) is 8.72. The quantitative estimate of drug-likeness (QED) is 0.422. The van der Waals surface area contributed by atoms with Gasteiger partial charge in [-0.2, -0.15) is 5.26 Å². The number of aliphatic carboxylic acids is 1. The average molecular weight is 410 g/mol. The van der Waals surface area contributed by atoms with Crippen molar-refractivity contribution >= 4 is 29.6 Å². The van der Waals surface area contributed by atoms with Crippen LogP contribution in [0.3, 0.4) is 0 Å². The molecule has 2 rings (SSSR count). The zero-order chi connectivity index (χ0) is 22.1. The molecule has 3 N–H and O–H groups in total. The predicted molar refractivity (Wildman–Crippen MR) is 106 cm³/mol. The van der Waals surface area contributed by atoms with E-state index in [1.807, 2.05) is 0 Å². The summed E-state index contributed by atoms with van der Waals surface area (Å²) in [6.07, 6.45) is 1.32. The molecule has 0 aliphatic heterocycles. The number of rotatable bonds is 9. The molecule has 2 aromatic carbocycles. The molecule has 0 aromatic heterocycles. The average Bonchev–Trinajstić information content (AvgIpc) is 2.71. The van der Waals surface area contributed by atoms with Crippen molar-refractivity contribution in [2.45, 2.75) is 6.92 Å². The molecule has 0 saturated heterocycles. The van der Waals surface area contributed by atoms with Gasteiger partial charge in [-0.05, 0) is 48.9 Å². The minimum absolute atomic E-state index is 0.00593. The molecule has 0 atom stereocenters. The molecule has 0 unspecified atom stereocenters. The predicted octanol–water partition coefficient (Wildman–Crippen LogP) is 2.79. The summed E-state index contributed by atoms with van der Waals surface area (Å²) in [4.78, 5) is 34.1. The van der Waals surface area contributed by atoms with Gasteiger partial charge in [0, 0.05) is 5.69 Å². The first kappa shape index (κ1) is 22.0. The second kappa shape index (κ2) is 10.3. The third kappa shape index (κ3) is 6.10. The summed E-state index contributed by atoms with van der Waals surface area (Å²) >= 11 is 0. The van der Waals surface area contributed by atoms with Gasteiger partial charge in [-0.15, -0.1) is 0 Å². The van der Waals surface area contributed by atoms with Gasteiger partial charge in [-0.1, -0.05) is 12.1 Å². The maximum absolute atomic E-state index is 12.4. The van der Waals surface area contributed by atoms with Gasteiger partial charge < -0.3 is 25.0 Å². The summed E-state index contributed by atoms with van der Waals surface area (Å²) in [5.41, 5.74) is 0.451. The van der Waals surface area contributed by atoms with Gasteiger partial charge in [0.25, 0.3) is 5.91 Å².